The van der Waals surface area contributed by atoms with E-state index in [1.807, 2.05) is 25.2 Å². The molecule has 0 aromatic heterocycles. The highest BCUT2D eigenvalue weighted by molar-refractivity contribution is 5.93. The maximum Gasteiger partial charge on any atom is 0.238 e. The molecule has 0 atom stereocenters. The van der Waals surface area contributed by atoms with E-state index in [0.717, 1.165) is 24.3 Å². The molecule has 0 radical (unpaired) electrons. The Labute approximate surface area is 94.5 Å². The highest BCUT2D eigenvalue weighted by Crippen LogP contribution is 2.28. The molecule has 1 aromatic carbocycles. The van der Waals surface area contributed by atoms with E-state index in [2.05, 4.69) is 16.3 Å². The summed E-state index contributed by atoms with van der Waals surface area (Å²) in [4.78, 5) is 13.5. The zero-order valence-corrected chi connectivity index (χ0v) is 9.16. The summed E-state index contributed by atoms with van der Waals surface area (Å²) in [5.41, 5.74) is 3.25. The minimum Gasteiger partial charge on any atom is -0.325 e. The number of fused-ring (bicyclic) bond motifs is 1. The third kappa shape index (κ3) is 2.05. The number of hydrogen-bond acceptors (Lipinski definition) is 3. The van der Waals surface area contributed by atoms with Gasteiger partial charge >= 0.3 is 0 Å². The Kier molecular flexibility index (Phi) is 2.88. The normalized spacial score (nSPS) is 14.2. The highest BCUT2D eigenvalue weighted by atomic mass is 16.1. The first-order chi connectivity index (χ1) is 7.70. The van der Waals surface area contributed by atoms with Crippen LogP contribution in [-0.2, 0) is 17.9 Å². The molecule has 0 fully saturated rings. The van der Waals surface area contributed by atoms with Gasteiger partial charge in [0.2, 0.25) is 5.91 Å². The van der Waals surface area contributed by atoms with Crippen LogP contribution in [0.1, 0.15) is 17.5 Å². The molecule has 0 unspecified atom stereocenters. The second-order valence-corrected chi connectivity index (χ2v) is 4.00. The molecule has 16 heavy (non-hydrogen) atoms. The summed E-state index contributed by atoms with van der Waals surface area (Å²) in [7, 11) is 2.04. The lowest BCUT2D eigenvalue weighted by molar-refractivity contribution is -0.115. The number of amides is 1. The number of carbonyl (C=O) groups is 1. The molecule has 4 heteroatoms. The fourth-order valence-corrected chi connectivity index (χ4v) is 1.97. The summed E-state index contributed by atoms with van der Waals surface area (Å²) in [5.74, 6) is -0.245. The van der Waals surface area contributed by atoms with Gasteiger partial charge in [-0.2, -0.15) is 5.26 Å². The standard InChI is InChI=1S/C12H13N3O/c1-15-7-9-3-2-4-11(10(9)8-15)14-12(16)5-6-13/h2-4H,5,7-8H2,1H3,(H,14,16). The SMILES string of the molecule is CN1Cc2cccc(NC(=O)CC#N)c2C1. The lowest BCUT2D eigenvalue weighted by Crippen LogP contribution is -2.12. The van der Waals surface area contributed by atoms with Gasteiger partial charge in [0.15, 0.2) is 0 Å². The first-order valence-corrected chi connectivity index (χ1v) is 5.17. The van der Waals surface area contributed by atoms with Crippen molar-refractivity contribution in [2.24, 2.45) is 0 Å². The van der Waals surface area contributed by atoms with E-state index in [1.54, 1.807) is 0 Å². The van der Waals surface area contributed by atoms with Gasteiger partial charge in [-0.25, -0.2) is 0 Å². The van der Waals surface area contributed by atoms with Crippen molar-refractivity contribution in [1.82, 2.24) is 4.90 Å². The molecule has 1 aromatic rings. The molecule has 0 saturated heterocycles. The molecule has 0 bridgehead atoms. The number of carbonyl (C=O) groups excluding carboxylic acids is 1. The van der Waals surface area contributed by atoms with Crippen molar-refractivity contribution in [3.8, 4) is 6.07 Å². The van der Waals surface area contributed by atoms with Crippen LogP contribution in [0.15, 0.2) is 18.2 Å². The van der Waals surface area contributed by atoms with Crippen molar-refractivity contribution in [1.29, 1.82) is 5.26 Å². The van der Waals surface area contributed by atoms with Crippen LogP contribution in [0.5, 0.6) is 0 Å². The van der Waals surface area contributed by atoms with Gasteiger partial charge in [0.1, 0.15) is 6.42 Å². The molecule has 0 spiro atoms. The topological polar surface area (TPSA) is 56.1 Å². The summed E-state index contributed by atoms with van der Waals surface area (Å²) in [5, 5.41) is 11.2. The van der Waals surface area contributed by atoms with Crippen LogP contribution in [0.2, 0.25) is 0 Å². The molecule has 0 aliphatic carbocycles. The van der Waals surface area contributed by atoms with E-state index in [1.165, 1.54) is 5.56 Å². The molecule has 2 rings (SSSR count). The third-order valence-corrected chi connectivity index (χ3v) is 2.66. The van der Waals surface area contributed by atoms with Gasteiger partial charge in [0, 0.05) is 18.8 Å². The van der Waals surface area contributed by atoms with Crippen LogP contribution in [0, 0.1) is 11.3 Å². The Morgan fingerprint density at radius 1 is 1.56 bits per heavy atom. The van der Waals surface area contributed by atoms with E-state index in [9.17, 15) is 4.79 Å². The summed E-state index contributed by atoms with van der Waals surface area (Å²) in [6.07, 6.45) is -0.0977. The first-order valence-electron chi connectivity index (χ1n) is 5.17. The van der Waals surface area contributed by atoms with E-state index < -0.39 is 0 Å². The molecule has 1 amide bonds. The molecule has 0 saturated carbocycles. The van der Waals surface area contributed by atoms with Crippen molar-refractivity contribution in [2.45, 2.75) is 19.5 Å². The van der Waals surface area contributed by atoms with Crippen LogP contribution >= 0.6 is 0 Å². The van der Waals surface area contributed by atoms with Crippen LogP contribution in [0.4, 0.5) is 5.69 Å². The van der Waals surface area contributed by atoms with Crippen molar-refractivity contribution in [3.63, 3.8) is 0 Å². The third-order valence-electron chi connectivity index (χ3n) is 2.66. The number of anilines is 1. The number of nitrogens with zero attached hydrogens (tertiary/aromatic N) is 2. The number of hydrogen-bond donors (Lipinski definition) is 1. The average molecular weight is 215 g/mol. The number of nitriles is 1. The summed E-state index contributed by atoms with van der Waals surface area (Å²) < 4.78 is 0. The van der Waals surface area contributed by atoms with E-state index in [0.29, 0.717) is 0 Å². The second-order valence-electron chi connectivity index (χ2n) is 4.00. The lowest BCUT2D eigenvalue weighted by Gasteiger charge is -2.08. The monoisotopic (exact) mass is 215 g/mol. The lowest BCUT2D eigenvalue weighted by atomic mass is 10.1. The smallest absolute Gasteiger partial charge is 0.238 e. The van der Waals surface area contributed by atoms with Crippen LogP contribution in [0.25, 0.3) is 0 Å². The maximum atomic E-state index is 11.3. The molecule has 82 valence electrons. The Hall–Kier alpha value is -1.86. The van der Waals surface area contributed by atoms with Gasteiger partial charge in [-0.3, -0.25) is 9.69 Å². The van der Waals surface area contributed by atoms with Crippen molar-refractivity contribution >= 4 is 11.6 Å². The molecule has 1 aliphatic heterocycles. The van der Waals surface area contributed by atoms with Crippen LogP contribution in [-0.4, -0.2) is 17.9 Å². The molecule has 1 aliphatic rings. The largest absolute Gasteiger partial charge is 0.325 e. The average Bonchev–Trinajstić information content (AvgIpc) is 2.60. The van der Waals surface area contributed by atoms with Gasteiger partial charge in [-0.05, 0) is 24.2 Å². The molecular weight excluding hydrogens is 202 g/mol. The first kappa shape index (κ1) is 10.7. The molecular formula is C12H13N3O. The van der Waals surface area contributed by atoms with E-state index >= 15 is 0 Å². The van der Waals surface area contributed by atoms with Crippen LogP contribution in [0.3, 0.4) is 0 Å². The maximum absolute atomic E-state index is 11.3. The van der Waals surface area contributed by atoms with E-state index in [4.69, 9.17) is 5.26 Å². The van der Waals surface area contributed by atoms with Crippen molar-refractivity contribution in [2.75, 3.05) is 12.4 Å². The molecule has 1 heterocycles. The van der Waals surface area contributed by atoms with Gasteiger partial charge in [-0.1, -0.05) is 12.1 Å². The van der Waals surface area contributed by atoms with Crippen molar-refractivity contribution < 1.29 is 4.79 Å². The highest BCUT2D eigenvalue weighted by Gasteiger charge is 2.19. The zero-order chi connectivity index (χ0) is 11.5. The second kappa shape index (κ2) is 4.33. The Morgan fingerprint density at radius 2 is 2.38 bits per heavy atom. The van der Waals surface area contributed by atoms with Crippen LogP contribution < -0.4 is 5.32 Å². The van der Waals surface area contributed by atoms with Gasteiger partial charge in [0.05, 0.1) is 6.07 Å². The molecule has 4 nitrogen and oxygen atoms in total. The number of benzene rings is 1. The molecule has 1 N–H and O–H groups in total. The summed E-state index contributed by atoms with van der Waals surface area (Å²) in [6.45, 7) is 1.76. The van der Waals surface area contributed by atoms with Gasteiger partial charge in [0.25, 0.3) is 0 Å². The predicted molar refractivity (Wildman–Crippen MR) is 60.5 cm³/mol. The predicted octanol–water partition coefficient (Wildman–Crippen LogP) is 1.48. The Balaban J connectivity index is 2.21. The fraction of sp³-hybridized carbons (Fsp3) is 0.333. The number of rotatable bonds is 2. The van der Waals surface area contributed by atoms with Gasteiger partial charge < -0.3 is 5.32 Å². The quantitative estimate of drug-likeness (QED) is 0.813. The zero-order valence-electron chi connectivity index (χ0n) is 9.16. The Bertz CT molecular complexity index is 462. The van der Waals surface area contributed by atoms with Gasteiger partial charge in [-0.15, -0.1) is 0 Å². The minimum atomic E-state index is -0.245. The number of nitrogens with one attached hydrogen (secondary N) is 1. The Morgan fingerprint density at radius 3 is 3.12 bits per heavy atom. The summed E-state index contributed by atoms with van der Waals surface area (Å²) >= 11 is 0. The van der Waals surface area contributed by atoms with Crippen molar-refractivity contribution in [3.05, 3.63) is 29.3 Å². The van der Waals surface area contributed by atoms with E-state index in [-0.39, 0.29) is 12.3 Å². The minimum absolute atomic E-state index is 0.0977. The fourth-order valence-electron chi connectivity index (χ4n) is 1.97. The summed E-state index contributed by atoms with van der Waals surface area (Å²) in [6, 6.07) is 7.72.